The van der Waals surface area contributed by atoms with Gasteiger partial charge in [0.15, 0.2) is 0 Å². The van der Waals surface area contributed by atoms with E-state index in [0.717, 1.165) is 9.18 Å². The first-order valence-electron chi connectivity index (χ1n) is 6.97. The molecule has 2 rings (SSSR count). The number of carbonyl (C=O) groups excluding carboxylic acids is 1. The van der Waals surface area contributed by atoms with Gasteiger partial charge in [0.05, 0.1) is 17.7 Å². The number of nitrogens with one attached hydrogen (secondary N) is 1. The Labute approximate surface area is 145 Å². The molecule has 0 aliphatic rings. The van der Waals surface area contributed by atoms with E-state index in [4.69, 9.17) is 4.74 Å². The number of carbonyl (C=O) groups is 1. The fraction of sp³-hybridized carbons (Fsp3) is 0.188. The highest BCUT2D eigenvalue weighted by Gasteiger charge is 2.19. The maximum atomic E-state index is 12.2. The predicted molar refractivity (Wildman–Crippen MR) is 95.8 cm³/mol. The molecule has 0 radical (unpaired) electrons. The van der Waals surface area contributed by atoms with Crippen molar-refractivity contribution in [3.05, 3.63) is 46.7 Å². The van der Waals surface area contributed by atoms with Crippen LogP contribution >= 0.6 is 11.3 Å². The number of ether oxygens (including phenoxy) is 1. The Balaban J connectivity index is 2.26. The molecule has 1 heterocycles. The van der Waals surface area contributed by atoms with Gasteiger partial charge >= 0.3 is 0 Å². The second-order valence-electron chi connectivity index (χ2n) is 4.99. The van der Waals surface area contributed by atoms with E-state index in [9.17, 15) is 13.2 Å². The number of benzene rings is 1. The molecule has 1 aromatic carbocycles. The summed E-state index contributed by atoms with van der Waals surface area (Å²) in [6.07, 6.45) is 3.07. The Morgan fingerprint density at radius 1 is 1.29 bits per heavy atom. The zero-order valence-electron chi connectivity index (χ0n) is 13.5. The van der Waals surface area contributed by atoms with Crippen LogP contribution in [0.2, 0.25) is 0 Å². The topological polar surface area (TPSA) is 75.7 Å². The first-order chi connectivity index (χ1) is 11.3. The van der Waals surface area contributed by atoms with Gasteiger partial charge in [-0.25, -0.2) is 12.7 Å². The molecule has 0 fully saturated rings. The van der Waals surface area contributed by atoms with E-state index in [1.54, 1.807) is 6.08 Å². The Hall–Kier alpha value is -2.16. The first kappa shape index (κ1) is 18.2. The number of nitrogens with zero attached hydrogens (tertiary/aromatic N) is 1. The second kappa shape index (κ2) is 7.61. The van der Waals surface area contributed by atoms with E-state index >= 15 is 0 Å². The molecule has 0 spiro atoms. The molecule has 24 heavy (non-hydrogen) atoms. The fourth-order valence-electron chi connectivity index (χ4n) is 1.87. The molecule has 0 aliphatic carbocycles. The van der Waals surface area contributed by atoms with Crippen molar-refractivity contribution in [3.63, 3.8) is 0 Å². The molecule has 0 unspecified atom stereocenters. The monoisotopic (exact) mass is 366 g/mol. The Morgan fingerprint density at radius 2 is 2.04 bits per heavy atom. The number of rotatable bonds is 6. The first-order valence-corrected chi connectivity index (χ1v) is 9.29. The van der Waals surface area contributed by atoms with Crippen LogP contribution in [-0.2, 0) is 14.8 Å². The normalized spacial score (nSPS) is 11.8. The summed E-state index contributed by atoms with van der Waals surface area (Å²) in [6, 6.07) is 8.10. The van der Waals surface area contributed by atoms with E-state index in [1.165, 1.54) is 56.8 Å². The van der Waals surface area contributed by atoms with E-state index in [1.807, 2.05) is 17.5 Å². The van der Waals surface area contributed by atoms with Crippen molar-refractivity contribution in [2.45, 2.75) is 4.90 Å². The quantitative estimate of drug-likeness (QED) is 0.798. The van der Waals surface area contributed by atoms with Crippen LogP contribution in [0.15, 0.2) is 46.7 Å². The average molecular weight is 366 g/mol. The minimum atomic E-state index is -3.60. The molecule has 0 atom stereocenters. The van der Waals surface area contributed by atoms with Crippen LogP contribution < -0.4 is 10.1 Å². The summed E-state index contributed by atoms with van der Waals surface area (Å²) in [5.41, 5.74) is 0.293. The lowest BCUT2D eigenvalue weighted by Crippen LogP contribution is -2.22. The third-order valence-corrected chi connectivity index (χ3v) is 5.80. The fourth-order valence-corrected chi connectivity index (χ4v) is 3.42. The highest BCUT2D eigenvalue weighted by Crippen LogP contribution is 2.28. The van der Waals surface area contributed by atoms with Crippen LogP contribution in [0.25, 0.3) is 6.08 Å². The van der Waals surface area contributed by atoms with Gasteiger partial charge in [0.25, 0.3) is 0 Å². The standard InChI is InChI=1S/C16H18N2O4S2/c1-18(2)24(20,21)13-7-8-15(22-3)14(11-13)17-16(19)9-6-12-5-4-10-23-12/h4-11H,1-3H3,(H,17,19)/b9-6+. The highest BCUT2D eigenvalue weighted by molar-refractivity contribution is 7.89. The summed E-state index contributed by atoms with van der Waals surface area (Å²) < 4.78 is 30.7. The van der Waals surface area contributed by atoms with Crippen molar-refractivity contribution in [1.82, 2.24) is 4.31 Å². The van der Waals surface area contributed by atoms with Crippen molar-refractivity contribution in [1.29, 1.82) is 0 Å². The predicted octanol–water partition coefficient (Wildman–Crippen LogP) is 2.66. The highest BCUT2D eigenvalue weighted by atomic mass is 32.2. The second-order valence-corrected chi connectivity index (χ2v) is 8.12. The van der Waals surface area contributed by atoms with E-state index in [-0.39, 0.29) is 10.8 Å². The summed E-state index contributed by atoms with van der Waals surface area (Å²) >= 11 is 1.51. The molecule has 8 heteroatoms. The average Bonchev–Trinajstić information content (AvgIpc) is 3.06. The smallest absolute Gasteiger partial charge is 0.248 e. The molecule has 0 bridgehead atoms. The number of methoxy groups -OCH3 is 1. The van der Waals surface area contributed by atoms with Crippen LogP contribution in [0.1, 0.15) is 4.88 Å². The van der Waals surface area contributed by atoms with Gasteiger partial charge in [0.2, 0.25) is 15.9 Å². The third kappa shape index (κ3) is 4.22. The zero-order chi connectivity index (χ0) is 17.7. The number of anilines is 1. The van der Waals surface area contributed by atoms with Crippen LogP contribution in [0, 0.1) is 0 Å². The molecular weight excluding hydrogens is 348 g/mol. The van der Waals surface area contributed by atoms with Gasteiger partial charge in [-0.05, 0) is 35.7 Å². The van der Waals surface area contributed by atoms with Crippen molar-refractivity contribution >= 4 is 39.0 Å². The number of amides is 1. The zero-order valence-corrected chi connectivity index (χ0v) is 15.1. The number of hydrogen-bond acceptors (Lipinski definition) is 5. The Kier molecular flexibility index (Phi) is 5.76. The lowest BCUT2D eigenvalue weighted by atomic mass is 10.3. The summed E-state index contributed by atoms with van der Waals surface area (Å²) in [6.45, 7) is 0. The Bertz CT molecular complexity index is 841. The maximum absolute atomic E-state index is 12.2. The molecule has 1 amide bonds. The van der Waals surface area contributed by atoms with Crippen molar-refractivity contribution in [2.75, 3.05) is 26.5 Å². The lowest BCUT2D eigenvalue weighted by Gasteiger charge is -2.14. The van der Waals surface area contributed by atoms with Crippen LogP contribution in [0.4, 0.5) is 5.69 Å². The third-order valence-electron chi connectivity index (χ3n) is 3.15. The van der Waals surface area contributed by atoms with Gasteiger partial charge in [0.1, 0.15) is 5.75 Å². The van der Waals surface area contributed by atoms with Crippen LogP contribution in [0.5, 0.6) is 5.75 Å². The van der Waals surface area contributed by atoms with Gasteiger partial charge < -0.3 is 10.1 Å². The van der Waals surface area contributed by atoms with Gasteiger partial charge in [0, 0.05) is 25.0 Å². The van der Waals surface area contributed by atoms with Gasteiger partial charge in [-0.2, -0.15) is 0 Å². The summed E-state index contributed by atoms with van der Waals surface area (Å²) in [7, 11) is 0.745. The van der Waals surface area contributed by atoms with Gasteiger partial charge in [-0.1, -0.05) is 6.07 Å². The molecule has 0 saturated carbocycles. The molecule has 1 aromatic heterocycles. The molecule has 0 saturated heterocycles. The number of sulfonamides is 1. The van der Waals surface area contributed by atoms with Gasteiger partial charge in [-0.15, -0.1) is 11.3 Å². The summed E-state index contributed by atoms with van der Waals surface area (Å²) in [4.78, 5) is 13.1. The molecule has 0 aliphatic heterocycles. The van der Waals surface area contributed by atoms with E-state index in [0.29, 0.717) is 11.4 Å². The minimum Gasteiger partial charge on any atom is -0.495 e. The molecule has 2 aromatic rings. The lowest BCUT2D eigenvalue weighted by molar-refractivity contribution is -0.111. The molecular formula is C16H18N2O4S2. The van der Waals surface area contributed by atoms with Gasteiger partial charge in [-0.3, -0.25) is 4.79 Å². The molecule has 1 N–H and O–H groups in total. The summed E-state index contributed by atoms with van der Waals surface area (Å²) in [5, 5.41) is 4.56. The van der Waals surface area contributed by atoms with Crippen molar-refractivity contribution in [2.24, 2.45) is 0 Å². The number of thiophene rings is 1. The maximum Gasteiger partial charge on any atom is 0.248 e. The van der Waals surface area contributed by atoms with Crippen molar-refractivity contribution < 1.29 is 17.9 Å². The number of hydrogen-bond donors (Lipinski definition) is 1. The molecule has 128 valence electrons. The largest absolute Gasteiger partial charge is 0.495 e. The van der Waals surface area contributed by atoms with Crippen LogP contribution in [-0.4, -0.2) is 39.8 Å². The minimum absolute atomic E-state index is 0.0748. The SMILES string of the molecule is COc1ccc(S(=O)(=O)N(C)C)cc1NC(=O)/C=C/c1cccs1. The van der Waals surface area contributed by atoms with Crippen molar-refractivity contribution in [3.8, 4) is 5.75 Å². The molecule has 6 nitrogen and oxygen atoms in total. The van der Waals surface area contributed by atoms with Crippen LogP contribution in [0.3, 0.4) is 0 Å². The summed E-state index contributed by atoms with van der Waals surface area (Å²) in [5.74, 6) is 0.00619. The Morgan fingerprint density at radius 3 is 2.62 bits per heavy atom. The van der Waals surface area contributed by atoms with E-state index in [2.05, 4.69) is 5.32 Å². The van der Waals surface area contributed by atoms with E-state index < -0.39 is 10.0 Å².